The second kappa shape index (κ2) is 6.60. The van der Waals surface area contributed by atoms with Crippen molar-refractivity contribution in [3.63, 3.8) is 0 Å². The summed E-state index contributed by atoms with van der Waals surface area (Å²) in [5.74, 6) is 0. The second-order valence-corrected chi connectivity index (χ2v) is 5.07. The average molecular weight is 284 g/mol. The third kappa shape index (κ3) is 3.16. The Balaban J connectivity index is 1.97. The van der Waals surface area contributed by atoms with Gasteiger partial charge in [0.25, 0.3) is 0 Å². The molecule has 0 spiro atoms. The Kier molecular flexibility index (Phi) is 4.17. The molecule has 0 N–H and O–H groups in total. The number of anilines is 2. The standard InChI is InChI=1S/C20H16N2/c21-15-17-11-13-20(14-12-17)22(19-9-5-2-6-10-19)16-18-7-3-1-4-8-18/h1-14H,16H2. The highest BCUT2D eigenvalue weighted by Gasteiger charge is 2.09. The number of nitrogens with zero attached hydrogens (tertiary/aromatic N) is 2. The quantitative estimate of drug-likeness (QED) is 0.681. The summed E-state index contributed by atoms with van der Waals surface area (Å²) in [6, 6.07) is 30.5. The van der Waals surface area contributed by atoms with E-state index in [2.05, 4.69) is 47.4 Å². The van der Waals surface area contributed by atoms with Crippen molar-refractivity contribution in [3.05, 3.63) is 96.1 Å². The van der Waals surface area contributed by atoms with Crippen LogP contribution in [-0.2, 0) is 6.54 Å². The number of nitriles is 1. The first-order valence-corrected chi connectivity index (χ1v) is 7.23. The van der Waals surface area contributed by atoms with E-state index in [0.29, 0.717) is 5.56 Å². The van der Waals surface area contributed by atoms with E-state index in [-0.39, 0.29) is 0 Å². The molecule has 0 saturated carbocycles. The van der Waals surface area contributed by atoms with Gasteiger partial charge in [-0.25, -0.2) is 0 Å². The second-order valence-electron chi connectivity index (χ2n) is 5.07. The van der Waals surface area contributed by atoms with Gasteiger partial charge in [0.1, 0.15) is 0 Å². The molecule has 0 aromatic heterocycles. The Hall–Kier alpha value is -3.05. The topological polar surface area (TPSA) is 27.0 Å². The molecule has 0 aliphatic heterocycles. The highest BCUT2D eigenvalue weighted by atomic mass is 15.1. The molecule has 0 saturated heterocycles. The van der Waals surface area contributed by atoms with Crippen LogP contribution >= 0.6 is 0 Å². The van der Waals surface area contributed by atoms with Gasteiger partial charge in [-0.2, -0.15) is 5.26 Å². The molecular weight excluding hydrogens is 268 g/mol. The highest BCUT2D eigenvalue weighted by molar-refractivity contribution is 5.64. The molecule has 3 rings (SSSR count). The lowest BCUT2D eigenvalue weighted by molar-refractivity contribution is 0.975. The van der Waals surface area contributed by atoms with Gasteiger partial charge >= 0.3 is 0 Å². The van der Waals surface area contributed by atoms with Crippen molar-refractivity contribution in [1.29, 1.82) is 5.26 Å². The van der Waals surface area contributed by atoms with Crippen LogP contribution in [0.3, 0.4) is 0 Å². The lowest BCUT2D eigenvalue weighted by Gasteiger charge is -2.25. The average Bonchev–Trinajstić information content (AvgIpc) is 2.61. The molecule has 3 aromatic rings. The lowest BCUT2D eigenvalue weighted by atomic mass is 10.1. The van der Waals surface area contributed by atoms with Crippen LogP contribution in [0.1, 0.15) is 11.1 Å². The molecule has 3 aromatic carbocycles. The van der Waals surface area contributed by atoms with E-state index in [0.717, 1.165) is 17.9 Å². The van der Waals surface area contributed by atoms with Crippen LogP contribution in [0.4, 0.5) is 11.4 Å². The van der Waals surface area contributed by atoms with Crippen molar-refractivity contribution in [2.75, 3.05) is 4.90 Å². The first-order valence-electron chi connectivity index (χ1n) is 7.23. The summed E-state index contributed by atoms with van der Waals surface area (Å²) < 4.78 is 0. The van der Waals surface area contributed by atoms with Crippen molar-refractivity contribution in [1.82, 2.24) is 0 Å². The number of hydrogen-bond acceptors (Lipinski definition) is 2. The van der Waals surface area contributed by atoms with Gasteiger partial charge in [-0.15, -0.1) is 0 Å². The maximum absolute atomic E-state index is 8.96. The zero-order chi connectivity index (χ0) is 15.2. The Bertz CT molecular complexity index is 756. The molecule has 0 bridgehead atoms. The Morgan fingerprint density at radius 1 is 0.682 bits per heavy atom. The summed E-state index contributed by atoms with van der Waals surface area (Å²) in [4.78, 5) is 2.25. The van der Waals surface area contributed by atoms with Gasteiger partial charge in [0.2, 0.25) is 0 Å². The van der Waals surface area contributed by atoms with E-state index in [4.69, 9.17) is 5.26 Å². The van der Waals surface area contributed by atoms with Crippen LogP contribution in [0.15, 0.2) is 84.9 Å². The zero-order valence-corrected chi connectivity index (χ0v) is 12.2. The Morgan fingerprint density at radius 3 is 1.82 bits per heavy atom. The minimum absolute atomic E-state index is 0.677. The molecule has 2 nitrogen and oxygen atoms in total. The van der Waals surface area contributed by atoms with Crippen molar-refractivity contribution in [2.24, 2.45) is 0 Å². The summed E-state index contributed by atoms with van der Waals surface area (Å²) in [6.45, 7) is 0.788. The third-order valence-corrected chi connectivity index (χ3v) is 3.56. The van der Waals surface area contributed by atoms with Crippen molar-refractivity contribution in [3.8, 4) is 6.07 Å². The smallest absolute Gasteiger partial charge is 0.0991 e. The van der Waals surface area contributed by atoms with E-state index < -0.39 is 0 Å². The molecule has 0 fully saturated rings. The molecule has 0 amide bonds. The van der Waals surface area contributed by atoms with Gasteiger partial charge in [-0.05, 0) is 42.0 Å². The van der Waals surface area contributed by atoms with Gasteiger partial charge in [0.15, 0.2) is 0 Å². The molecule has 0 aliphatic carbocycles. The van der Waals surface area contributed by atoms with E-state index in [1.165, 1.54) is 5.56 Å². The molecule has 0 heterocycles. The summed E-state index contributed by atoms with van der Waals surface area (Å²) in [6.07, 6.45) is 0. The van der Waals surface area contributed by atoms with Crippen LogP contribution in [0, 0.1) is 11.3 Å². The summed E-state index contributed by atoms with van der Waals surface area (Å²) in [5.41, 5.74) is 4.14. The number of hydrogen-bond donors (Lipinski definition) is 0. The summed E-state index contributed by atoms with van der Waals surface area (Å²) in [7, 11) is 0. The van der Waals surface area contributed by atoms with Gasteiger partial charge < -0.3 is 4.90 Å². The van der Waals surface area contributed by atoms with E-state index in [1.54, 1.807) is 0 Å². The van der Waals surface area contributed by atoms with Crippen molar-refractivity contribution < 1.29 is 0 Å². The summed E-state index contributed by atoms with van der Waals surface area (Å²) >= 11 is 0. The van der Waals surface area contributed by atoms with Crippen LogP contribution < -0.4 is 4.90 Å². The van der Waals surface area contributed by atoms with E-state index >= 15 is 0 Å². The number of para-hydroxylation sites is 1. The van der Waals surface area contributed by atoms with Crippen molar-refractivity contribution >= 4 is 11.4 Å². The van der Waals surface area contributed by atoms with Crippen molar-refractivity contribution in [2.45, 2.75) is 6.54 Å². The molecule has 0 aliphatic rings. The maximum Gasteiger partial charge on any atom is 0.0991 e. The van der Waals surface area contributed by atoms with Gasteiger partial charge in [-0.1, -0.05) is 48.5 Å². The highest BCUT2D eigenvalue weighted by Crippen LogP contribution is 2.27. The van der Waals surface area contributed by atoms with E-state index in [9.17, 15) is 0 Å². The molecule has 106 valence electrons. The normalized spacial score (nSPS) is 9.95. The van der Waals surface area contributed by atoms with E-state index in [1.807, 2.05) is 48.5 Å². The predicted molar refractivity (Wildman–Crippen MR) is 89.9 cm³/mol. The molecule has 22 heavy (non-hydrogen) atoms. The molecule has 0 radical (unpaired) electrons. The minimum Gasteiger partial charge on any atom is -0.337 e. The van der Waals surface area contributed by atoms with Crippen LogP contribution in [0.5, 0.6) is 0 Å². The van der Waals surface area contributed by atoms with Gasteiger partial charge in [0.05, 0.1) is 11.6 Å². The first-order chi connectivity index (χ1) is 10.9. The first kappa shape index (κ1) is 13.9. The van der Waals surface area contributed by atoms with Gasteiger partial charge in [-0.3, -0.25) is 0 Å². The predicted octanol–water partition coefficient (Wildman–Crippen LogP) is 4.90. The van der Waals surface area contributed by atoms with Crippen LogP contribution in [0.25, 0.3) is 0 Å². The Morgan fingerprint density at radius 2 is 1.23 bits per heavy atom. The fourth-order valence-corrected chi connectivity index (χ4v) is 2.42. The van der Waals surface area contributed by atoms with Crippen LogP contribution in [0.2, 0.25) is 0 Å². The number of rotatable bonds is 4. The number of benzene rings is 3. The maximum atomic E-state index is 8.96. The van der Waals surface area contributed by atoms with Gasteiger partial charge in [0, 0.05) is 17.9 Å². The molecule has 2 heteroatoms. The van der Waals surface area contributed by atoms with Crippen LogP contribution in [-0.4, -0.2) is 0 Å². The largest absolute Gasteiger partial charge is 0.337 e. The fraction of sp³-hybridized carbons (Fsp3) is 0.0500. The Labute approximate surface area is 130 Å². The molecule has 0 atom stereocenters. The zero-order valence-electron chi connectivity index (χ0n) is 12.2. The minimum atomic E-state index is 0.677. The fourth-order valence-electron chi connectivity index (χ4n) is 2.42. The monoisotopic (exact) mass is 284 g/mol. The molecule has 0 unspecified atom stereocenters. The lowest BCUT2D eigenvalue weighted by Crippen LogP contribution is -2.16. The SMILES string of the molecule is N#Cc1ccc(N(Cc2ccccc2)c2ccccc2)cc1. The third-order valence-electron chi connectivity index (χ3n) is 3.56. The summed E-state index contributed by atoms with van der Waals surface area (Å²) in [5, 5.41) is 8.96. The molecular formula is C20H16N2.